The van der Waals surface area contributed by atoms with Gasteiger partial charge in [-0.1, -0.05) is 121 Å². The molecule has 0 unspecified atom stereocenters. The smallest absolute Gasteiger partial charge is 0.164 e. The summed E-state index contributed by atoms with van der Waals surface area (Å²) in [6.07, 6.45) is 0. The minimum atomic E-state index is 0.605. The van der Waals surface area contributed by atoms with Crippen molar-refractivity contribution in [1.82, 2.24) is 19.5 Å². The first-order valence-corrected chi connectivity index (χ1v) is 16.7. The maximum Gasteiger partial charge on any atom is 0.164 e. The molecule has 3 aromatic heterocycles. The lowest BCUT2D eigenvalue weighted by molar-refractivity contribution is 0.670. The van der Waals surface area contributed by atoms with Crippen LogP contribution in [0.2, 0.25) is 0 Å². The molecule has 0 fully saturated rings. The van der Waals surface area contributed by atoms with E-state index in [0.717, 1.165) is 61.0 Å². The molecule has 0 saturated heterocycles. The van der Waals surface area contributed by atoms with Crippen LogP contribution in [0.4, 0.5) is 0 Å². The number of furan rings is 1. The number of fused-ring (bicyclic) bond motifs is 6. The van der Waals surface area contributed by atoms with Crippen LogP contribution in [0.1, 0.15) is 0 Å². The van der Waals surface area contributed by atoms with Crippen LogP contribution in [0.5, 0.6) is 0 Å². The lowest BCUT2D eigenvalue weighted by atomic mass is 9.97. The van der Waals surface area contributed by atoms with Crippen molar-refractivity contribution in [2.45, 2.75) is 0 Å². The lowest BCUT2D eigenvalue weighted by Crippen LogP contribution is -2.00. The third kappa shape index (κ3) is 4.60. The Morgan fingerprint density at radius 3 is 1.62 bits per heavy atom. The Labute approximate surface area is 287 Å². The van der Waals surface area contributed by atoms with E-state index in [1.54, 1.807) is 0 Å². The van der Waals surface area contributed by atoms with Gasteiger partial charge in [-0.3, -0.25) is 0 Å². The normalized spacial score (nSPS) is 11.6. The van der Waals surface area contributed by atoms with E-state index < -0.39 is 0 Å². The Morgan fingerprint density at radius 1 is 0.380 bits per heavy atom. The molecule has 0 aliphatic rings. The molecule has 7 aromatic carbocycles. The quantitative estimate of drug-likeness (QED) is 0.188. The topological polar surface area (TPSA) is 56.7 Å². The highest BCUT2D eigenvalue weighted by molar-refractivity contribution is 6.14. The van der Waals surface area contributed by atoms with Gasteiger partial charge in [0.1, 0.15) is 11.2 Å². The van der Waals surface area contributed by atoms with Crippen LogP contribution in [0.3, 0.4) is 0 Å². The van der Waals surface area contributed by atoms with Crippen LogP contribution in [-0.2, 0) is 0 Å². The van der Waals surface area contributed by atoms with Gasteiger partial charge in [0.05, 0.1) is 11.0 Å². The van der Waals surface area contributed by atoms with Crippen molar-refractivity contribution in [2.75, 3.05) is 0 Å². The van der Waals surface area contributed by atoms with Crippen molar-refractivity contribution in [3.8, 4) is 51.0 Å². The Kier molecular flexibility index (Phi) is 6.42. The second-order valence-electron chi connectivity index (χ2n) is 12.5. The van der Waals surface area contributed by atoms with Gasteiger partial charge in [0.15, 0.2) is 17.5 Å². The summed E-state index contributed by atoms with van der Waals surface area (Å²) in [7, 11) is 0. The van der Waals surface area contributed by atoms with E-state index in [9.17, 15) is 0 Å². The first kappa shape index (κ1) is 28.2. The van der Waals surface area contributed by atoms with Gasteiger partial charge in [-0.05, 0) is 54.1 Å². The first-order chi connectivity index (χ1) is 24.8. The number of hydrogen-bond donors (Lipinski definition) is 0. The van der Waals surface area contributed by atoms with Crippen molar-refractivity contribution in [2.24, 2.45) is 0 Å². The molecule has 0 amide bonds. The molecule has 0 atom stereocenters. The zero-order valence-electron chi connectivity index (χ0n) is 26.9. The van der Waals surface area contributed by atoms with Gasteiger partial charge in [-0.2, -0.15) is 0 Å². The Morgan fingerprint density at radius 2 is 0.920 bits per heavy atom. The maximum atomic E-state index is 6.63. The van der Waals surface area contributed by atoms with E-state index >= 15 is 0 Å². The summed E-state index contributed by atoms with van der Waals surface area (Å²) in [4.78, 5) is 15.1. The van der Waals surface area contributed by atoms with Crippen LogP contribution in [-0.4, -0.2) is 19.5 Å². The molecule has 50 heavy (non-hydrogen) atoms. The minimum Gasteiger partial charge on any atom is -0.455 e. The molecule has 0 spiro atoms. The third-order valence-corrected chi connectivity index (χ3v) is 9.43. The number of hydrogen-bond acceptors (Lipinski definition) is 4. The average Bonchev–Trinajstić information content (AvgIpc) is 3.74. The number of aromatic nitrogens is 4. The lowest BCUT2D eigenvalue weighted by Gasteiger charge is -2.11. The van der Waals surface area contributed by atoms with Gasteiger partial charge < -0.3 is 8.98 Å². The fourth-order valence-electron chi connectivity index (χ4n) is 7.10. The fraction of sp³-hybridized carbons (Fsp3) is 0. The third-order valence-electron chi connectivity index (χ3n) is 9.43. The van der Waals surface area contributed by atoms with Crippen molar-refractivity contribution in [1.29, 1.82) is 0 Å². The summed E-state index contributed by atoms with van der Waals surface area (Å²) in [6.45, 7) is 0. The molecular formula is C45H28N4O. The molecule has 0 radical (unpaired) electrons. The molecule has 234 valence electrons. The summed E-state index contributed by atoms with van der Waals surface area (Å²) < 4.78 is 8.97. The molecule has 3 heterocycles. The minimum absolute atomic E-state index is 0.605. The van der Waals surface area contributed by atoms with Crippen LogP contribution in [0.15, 0.2) is 174 Å². The monoisotopic (exact) mass is 640 g/mol. The molecule has 0 bridgehead atoms. The van der Waals surface area contributed by atoms with Gasteiger partial charge >= 0.3 is 0 Å². The second kappa shape index (κ2) is 11.4. The van der Waals surface area contributed by atoms with E-state index in [1.807, 2.05) is 72.8 Å². The van der Waals surface area contributed by atoms with Crippen LogP contribution in [0, 0.1) is 0 Å². The zero-order valence-corrected chi connectivity index (χ0v) is 26.9. The Bertz CT molecular complexity index is 2800. The molecule has 5 nitrogen and oxygen atoms in total. The van der Waals surface area contributed by atoms with Crippen LogP contribution < -0.4 is 0 Å². The first-order valence-electron chi connectivity index (χ1n) is 16.7. The average molecular weight is 641 g/mol. The molecule has 0 saturated carbocycles. The summed E-state index contributed by atoms with van der Waals surface area (Å²) >= 11 is 0. The van der Waals surface area contributed by atoms with E-state index in [0.29, 0.717) is 17.5 Å². The predicted octanol–water partition coefficient (Wildman–Crippen LogP) is 11.5. The number of para-hydroxylation sites is 3. The van der Waals surface area contributed by atoms with Gasteiger partial charge in [0.25, 0.3) is 0 Å². The van der Waals surface area contributed by atoms with Crippen molar-refractivity contribution >= 4 is 43.7 Å². The molecule has 0 aliphatic heterocycles. The second-order valence-corrected chi connectivity index (χ2v) is 12.5. The fourth-order valence-corrected chi connectivity index (χ4v) is 7.10. The largest absolute Gasteiger partial charge is 0.455 e. The summed E-state index contributed by atoms with van der Waals surface area (Å²) in [5.41, 5.74) is 9.92. The van der Waals surface area contributed by atoms with Gasteiger partial charge in [-0.15, -0.1) is 0 Å². The molecule has 10 rings (SSSR count). The van der Waals surface area contributed by atoms with Gasteiger partial charge in [0, 0.05) is 49.5 Å². The van der Waals surface area contributed by atoms with E-state index in [4.69, 9.17) is 19.4 Å². The standard InChI is InChI=1S/C45H28N4O/c1-4-14-29(15-5-1)43-46-44(30-16-6-2-7-17-30)48-45(47-43)32-27-36(42-38(28-32)35-21-11-13-23-41(35)50-42)31-24-25-40-37(26-31)34-20-10-12-22-39(34)49(40)33-18-8-3-9-19-33/h1-28H. The van der Waals surface area contributed by atoms with Crippen LogP contribution in [0.25, 0.3) is 94.7 Å². The maximum absolute atomic E-state index is 6.63. The summed E-state index contributed by atoms with van der Waals surface area (Å²) in [5.74, 6) is 1.86. The number of nitrogens with zero attached hydrogens (tertiary/aromatic N) is 4. The summed E-state index contributed by atoms with van der Waals surface area (Å²) in [5, 5.41) is 4.44. The molecule has 10 aromatic rings. The molecular weight excluding hydrogens is 613 g/mol. The van der Waals surface area contributed by atoms with Gasteiger partial charge in [-0.25, -0.2) is 15.0 Å². The Balaban J connectivity index is 1.24. The van der Waals surface area contributed by atoms with E-state index in [1.165, 1.54) is 16.3 Å². The number of rotatable bonds is 5. The highest BCUT2D eigenvalue weighted by Crippen LogP contribution is 2.41. The van der Waals surface area contributed by atoms with Crippen molar-refractivity contribution in [3.05, 3.63) is 170 Å². The Hall–Kier alpha value is -6.85. The summed E-state index contributed by atoms with van der Waals surface area (Å²) in [6, 6.07) is 58.6. The SMILES string of the molecule is c1ccc(-c2nc(-c3ccccc3)nc(-c3cc(-c4ccc5c(c4)c4ccccc4n5-c4ccccc4)c4oc5ccccc5c4c3)n2)cc1. The predicted molar refractivity (Wildman–Crippen MR) is 203 cm³/mol. The van der Waals surface area contributed by atoms with Crippen molar-refractivity contribution in [3.63, 3.8) is 0 Å². The van der Waals surface area contributed by atoms with E-state index in [-0.39, 0.29) is 0 Å². The number of benzene rings is 7. The highest BCUT2D eigenvalue weighted by atomic mass is 16.3. The zero-order chi connectivity index (χ0) is 33.0. The molecule has 0 aliphatic carbocycles. The molecule has 5 heteroatoms. The van der Waals surface area contributed by atoms with Crippen molar-refractivity contribution < 1.29 is 4.42 Å². The molecule has 0 N–H and O–H groups in total. The van der Waals surface area contributed by atoms with E-state index in [2.05, 4.69) is 102 Å². The van der Waals surface area contributed by atoms with Crippen LogP contribution >= 0.6 is 0 Å². The highest BCUT2D eigenvalue weighted by Gasteiger charge is 2.20. The van der Waals surface area contributed by atoms with Gasteiger partial charge in [0.2, 0.25) is 0 Å².